The van der Waals surface area contributed by atoms with Crippen LogP contribution in [0.5, 0.6) is 0 Å². The topological polar surface area (TPSA) is 328 Å². The van der Waals surface area contributed by atoms with Crippen molar-refractivity contribution in [2.45, 2.75) is 56.3 Å². The Morgan fingerprint density at radius 1 is 0.872 bits per heavy atom. The molecule has 4 atom stereocenters. The van der Waals surface area contributed by atoms with Crippen molar-refractivity contribution >= 4 is 35.6 Å². The van der Waals surface area contributed by atoms with Gasteiger partial charge in [0.15, 0.2) is 11.9 Å². The van der Waals surface area contributed by atoms with Gasteiger partial charge in [0.1, 0.15) is 18.1 Å². The second-order valence-corrected chi connectivity index (χ2v) is 8.49. The molecule has 39 heavy (non-hydrogen) atoms. The fourth-order valence-electron chi connectivity index (χ4n) is 3.28. The van der Waals surface area contributed by atoms with Gasteiger partial charge in [-0.3, -0.25) is 24.4 Å². The van der Waals surface area contributed by atoms with Crippen LogP contribution in [-0.4, -0.2) is 99.7 Å². The van der Waals surface area contributed by atoms with Crippen molar-refractivity contribution < 1.29 is 29.4 Å². The maximum absolute atomic E-state index is 13.0. The van der Waals surface area contributed by atoms with Crippen LogP contribution in [0.3, 0.4) is 0 Å². The number of imidazole rings is 1. The third-order valence-corrected chi connectivity index (χ3v) is 5.29. The molecule has 1 aromatic rings. The zero-order valence-electron chi connectivity index (χ0n) is 21.4. The number of hydrogen-bond acceptors (Lipinski definition) is 9. The van der Waals surface area contributed by atoms with E-state index in [1.54, 1.807) is 0 Å². The maximum atomic E-state index is 13.0. The van der Waals surface area contributed by atoms with Gasteiger partial charge in [0.05, 0.1) is 19.0 Å². The van der Waals surface area contributed by atoms with Gasteiger partial charge < -0.3 is 59.8 Å². The number of aliphatic imine (C=N–C) groups is 2. The molecule has 218 valence electrons. The van der Waals surface area contributed by atoms with Gasteiger partial charge in [-0.1, -0.05) is 0 Å². The van der Waals surface area contributed by atoms with Crippen molar-refractivity contribution in [3.8, 4) is 0 Å². The second kappa shape index (κ2) is 17.1. The molecule has 0 saturated carbocycles. The molecule has 4 unspecified atom stereocenters. The molecule has 1 aromatic heterocycles. The summed E-state index contributed by atoms with van der Waals surface area (Å²) in [4.78, 5) is 64.1. The van der Waals surface area contributed by atoms with Gasteiger partial charge in [-0.15, -0.1) is 0 Å². The first-order chi connectivity index (χ1) is 18.4. The number of nitrogens with zero attached hydrogens (tertiary/aromatic N) is 3. The van der Waals surface area contributed by atoms with Gasteiger partial charge in [0, 0.05) is 31.4 Å². The lowest BCUT2D eigenvalue weighted by molar-refractivity contribution is -0.142. The second-order valence-electron chi connectivity index (χ2n) is 8.49. The van der Waals surface area contributed by atoms with Crippen LogP contribution in [0.2, 0.25) is 0 Å². The van der Waals surface area contributed by atoms with Crippen molar-refractivity contribution in [1.82, 2.24) is 25.9 Å². The summed E-state index contributed by atoms with van der Waals surface area (Å²) < 4.78 is 0. The van der Waals surface area contributed by atoms with Crippen LogP contribution in [-0.2, 0) is 25.6 Å². The van der Waals surface area contributed by atoms with E-state index >= 15 is 0 Å². The molecule has 0 spiro atoms. The van der Waals surface area contributed by atoms with E-state index in [0.29, 0.717) is 5.69 Å². The van der Waals surface area contributed by atoms with Crippen molar-refractivity contribution in [1.29, 1.82) is 0 Å². The van der Waals surface area contributed by atoms with E-state index in [0.717, 1.165) is 0 Å². The van der Waals surface area contributed by atoms with E-state index in [9.17, 15) is 29.4 Å². The normalized spacial score (nSPS) is 13.7. The minimum Gasteiger partial charge on any atom is -0.480 e. The molecule has 0 aliphatic heterocycles. The molecular formula is C21H38N12O6. The minimum atomic E-state index is -1.44. The number of aliphatic hydroxyl groups is 1. The Hall–Kier alpha value is -4.45. The number of hydrogen-bond donors (Lipinski definition) is 11. The summed E-state index contributed by atoms with van der Waals surface area (Å²) in [5.41, 5.74) is 27.6. The number of nitrogens with two attached hydrogens (primary N) is 5. The number of amides is 3. The summed E-state index contributed by atoms with van der Waals surface area (Å²) in [5.74, 6) is -4.03. The molecule has 0 bridgehead atoms. The average molecular weight is 555 g/mol. The number of nitrogens with one attached hydrogen (secondary N) is 4. The monoisotopic (exact) mass is 554 g/mol. The van der Waals surface area contributed by atoms with Gasteiger partial charge in [0.2, 0.25) is 17.7 Å². The van der Waals surface area contributed by atoms with Gasteiger partial charge in [-0.2, -0.15) is 0 Å². The molecule has 0 radical (unpaired) electrons. The number of carbonyl (C=O) groups is 4. The summed E-state index contributed by atoms with van der Waals surface area (Å²) in [6, 6.07) is -5.03. The van der Waals surface area contributed by atoms with Crippen LogP contribution in [0.25, 0.3) is 0 Å². The highest BCUT2D eigenvalue weighted by Crippen LogP contribution is 2.05. The zero-order valence-corrected chi connectivity index (χ0v) is 21.4. The zero-order chi connectivity index (χ0) is 29.4. The van der Waals surface area contributed by atoms with E-state index in [1.165, 1.54) is 12.5 Å². The predicted molar refractivity (Wildman–Crippen MR) is 141 cm³/mol. The maximum Gasteiger partial charge on any atom is 0.326 e. The molecule has 3 amide bonds. The molecular weight excluding hydrogens is 516 g/mol. The third kappa shape index (κ3) is 13.1. The quantitative estimate of drug-likeness (QED) is 0.0461. The largest absolute Gasteiger partial charge is 0.480 e. The number of aliphatic hydroxyl groups excluding tert-OH is 1. The first kappa shape index (κ1) is 32.6. The number of aromatic amines is 1. The molecule has 1 heterocycles. The van der Waals surface area contributed by atoms with Gasteiger partial charge in [-0.05, 0) is 25.7 Å². The van der Waals surface area contributed by atoms with Crippen LogP contribution in [0, 0.1) is 0 Å². The smallest absolute Gasteiger partial charge is 0.326 e. The standard InChI is InChI=1S/C21H38N12O6/c22-12(7-11-8-27-10-30-11)16(35)33-15(9-34)18(37)31-13(3-1-5-28-20(23)24)17(36)32-14(19(38)39)4-2-6-29-21(25)26/h8,10,12-15,34H,1-7,9,22H2,(H,27,30)(H,31,37)(H,32,36)(H,33,35)(H,38,39)(H4,23,24,28)(H4,25,26,29). The highest BCUT2D eigenvalue weighted by atomic mass is 16.4. The SMILES string of the molecule is NC(N)=NCCCC(NC(=O)C(CCCN=C(N)N)NC(=O)C(CO)NC(=O)C(N)Cc1cnc[nH]1)C(=O)O. The summed E-state index contributed by atoms with van der Waals surface area (Å²) in [7, 11) is 0. The molecule has 0 aromatic carbocycles. The van der Waals surface area contributed by atoms with Crippen LogP contribution in [0.4, 0.5) is 0 Å². The molecule has 0 fully saturated rings. The number of carboxylic acids is 1. The first-order valence-corrected chi connectivity index (χ1v) is 12.0. The predicted octanol–water partition coefficient (Wildman–Crippen LogP) is -5.08. The van der Waals surface area contributed by atoms with Crippen LogP contribution < -0.4 is 44.6 Å². The summed E-state index contributed by atoms with van der Waals surface area (Å²) >= 11 is 0. The van der Waals surface area contributed by atoms with E-state index in [-0.39, 0.29) is 57.1 Å². The minimum absolute atomic E-state index is 0.00998. The Morgan fingerprint density at radius 3 is 1.87 bits per heavy atom. The third-order valence-electron chi connectivity index (χ3n) is 5.29. The van der Waals surface area contributed by atoms with Gasteiger partial charge in [0.25, 0.3) is 0 Å². The van der Waals surface area contributed by atoms with E-state index in [4.69, 9.17) is 28.7 Å². The lowest BCUT2D eigenvalue weighted by Crippen LogP contribution is -2.58. The first-order valence-electron chi connectivity index (χ1n) is 12.0. The Bertz CT molecular complexity index is 992. The molecule has 0 aliphatic rings. The molecule has 0 aliphatic carbocycles. The Morgan fingerprint density at radius 2 is 1.38 bits per heavy atom. The highest BCUT2D eigenvalue weighted by molar-refractivity contribution is 5.94. The van der Waals surface area contributed by atoms with Gasteiger partial charge >= 0.3 is 5.97 Å². The molecule has 18 heteroatoms. The lowest BCUT2D eigenvalue weighted by Gasteiger charge is -2.24. The molecule has 18 nitrogen and oxygen atoms in total. The van der Waals surface area contributed by atoms with E-state index < -0.39 is 54.5 Å². The molecule has 16 N–H and O–H groups in total. The Kier molecular flexibility index (Phi) is 14.3. The van der Waals surface area contributed by atoms with Crippen LogP contribution in [0.15, 0.2) is 22.5 Å². The number of carboxylic acid groups (broad SMARTS) is 1. The van der Waals surface area contributed by atoms with Crippen molar-refractivity contribution in [2.75, 3.05) is 19.7 Å². The number of guanidine groups is 2. The molecule has 1 rings (SSSR count). The van der Waals surface area contributed by atoms with E-state index in [2.05, 4.69) is 35.9 Å². The molecule has 0 saturated heterocycles. The summed E-state index contributed by atoms with van der Waals surface area (Å²) in [5, 5.41) is 26.3. The Labute approximate surface area is 224 Å². The number of H-pyrrole nitrogens is 1. The van der Waals surface area contributed by atoms with Gasteiger partial charge in [-0.25, -0.2) is 9.78 Å². The summed E-state index contributed by atoms with van der Waals surface area (Å²) in [6.45, 7) is -0.508. The summed E-state index contributed by atoms with van der Waals surface area (Å²) in [6.07, 6.45) is 3.52. The van der Waals surface area contributed by atoms with Crippen molar-refractivity contribution in [3.05, 3.63) is 18.2 Å². The number of rotatable bonds is 18. The number of aromatic nitrogens is 2. The fourth-order valence-corrected chi connectivity index (χ4v) is 3.28. The lowest BCUT2D eigenvalue weighted by atomic mass is 10.1. The van der Waals surface area contributed by atoms with Crippen molar-refractivity contribution in [2.24, 2.45) is 38.7 Å². The number of carbonyl (C=O) groups excluding carboxylic acids is 3. The van der Waals surface area contributed by atoms with Crippen molar-refractivity contribution in [3.63, 3.8) is 0 Å². The number of aliphatic carboxylic acids is 1. The highest BCUT2D eigenvalue weighted by Gasteiger charge is 2.30. The average Bonchev–Trinajstić information content (AvgIpc) is 3.38. The Balaban J connectivity index is 2.88. The van der Waals surface area contributed by atoms with Crippen LogP contribution >= 0.6 is 0 Å². The van der Waals surface area contributed by atoms with Crippen LogP contribution in [0.1, 0.15) is 31.4 Å². The van der Waals surface area contributed by atoms with E-state index in [1.807, 2.05) is 0 Å². The fraction of sp³-hybridized carbons (Fsp3) is 0.571.